The summed E-state index contributed by atoms with van der Waals surface area (Å²) in [6.07, 6.45) is 9.87. The molecule has 2 aliphatic rings. The number of carbonyl (C=O) groups is 1. The quantitative estimate of drug-likeness (QED) is 0.526. The summed E-state index contributed by atoms with van der Waals surface area (Å²) in [7, 11) is 0. The van der Waals surface area contributed by atoms with Gasteiger partial charge in [-0.25, -0.2) is 4.79 Å². The standard InChI is InChI=1S/C16H24O4/c1-11-5-3-2-4-6-12-9-13(17)10-14(12)15(18)7-8-16(19)20-11/h4,6-8,11-15,17-18H,2-3,5,9-10H2,1H3/b6-4-,8-7-/t11-,12?,13-,14+,15+/m0/s1. The zero-order chi connectivity index (χ0) is 14.5. The number of esters is 1. The van der Waals surface area contributed by atoms with E-state index in [1.54, 1.807) is 0 Å². The van der Waals surface area contributed by atoms with Crippen LogP contribution in [-0.4, -0.2) is 34.5 Å². The maximum absolute atomic E-state index is 11.6. The van der Waals surface area contributed by atoms with Crippen molar-refractivity contribution in [1.82, 2.24) is 0 Å². The van der Waals surface area contributed by atoms with Crippen LogP contribution in [0.25, 0.3) is 0 Å². The third-order valence-corrected chi connectivity index (χ3v) is 4.19. The Morgan fingerprint density at radius 2 is 2.05 bits per heavy atom. The van der Waals surface area contributed by atoms with Gasteiger partial charge < -0.3 is 14.9 Å². The first kappa shape index (κ1) is 15.3. The Kier molecular flexibility index (Phi) is 5.38. The number of carbonyl (C=O) groups excluding carboxylic acids is 1. The van der Waals surface area contributed by atoms with E-state index in [-0.39, 0.29) is 24.0 Å². The van der Waals surface area contributed by atoms with E-state index >= 15 is 0 Å². The SMILES string of the molecule is C[C@H]1CCC/C=C\C2C[C@H](O)C[C@H]2[C@H](O)/C=C\C(=O)O1. The van der Waals surface area contributed by atoms with Crippen LogP contribution in [0.15, 0.2) is 24.3 Å². The van der Waals surface area contributed by atoms with E-state index in [1.165, 1.54) is 12.2 Å². The summed E-state index contributed by atoms with van der Waals surface area (Å²) in [4.78, 5) is 11.6. The third kappa shape index (κ3) is 4.18. The number of ether oxygens (including phenoxy) is 1. The minimum atomic E-state index is -0.717. The lowest BCUT2D eigenvalue weighted by atomic mass is 9.90. The zero-order valence-electron chi connectivity index (χ0n) is 11.9. The number of hydrogen-bond acceptors (Lipinski definition) is 4. The molecule has 1 unspecified atom stereocenters. The molecule has 4 nitrogen and oxygen atoms in total. The van der Waals surface area contributed by atoms with Crippen molar-refractivity contribution in [3.8, 4) is 0 Å². The minimum Gasteiger partial charge on any atom is -0.460 e. The van der Waals surface area contributed by atoms with Gasteiger partial charge in [0.05, 0.1) is 18.3 Å². The van der Waals surface area contributed by atoms with Gasteiger partial charge in [0.15, 0.2) is 0 Å². The number of hydrogen-bond donors (Lipinski definition) is 2. The van der Waals surface area contributed by atoms with Gasteiger partial charge >= 0.3 is 5.97 Å². The monoisotopic (exact) mass is 280 g/mol. The third-order valence-electron chi connectivity index (χ3n) is 4.19. The van der Waals surface area contributed by atoms with Crippen LogP contribution in [0, 0.1) is 11.8 Å². The molecule has 2 N–H and O–H groups in total. The zero-order valence-corrected chi connectivity index (χ0v) is 11.9. The molecule has 4 heteroatoms. The predicted octanol–water partition coefficient (Wildman–Crippen LogP) is 1.96. The molecule has 112 valence electrons. The molecule has 1 aliphatic heterocycles. The molecule has 0 aromatic rings. The van der Waals surface area contributed by atoms with Gasteiger partial charge in [0.1, 0.15) is 0 Å². The van der Waals surface area contributed by atoms with Crippen LogP contribution in [0.5, 0.6) is 0 Å². The van der Waals surface area contributed by atoms with Gasteiger partial charge in [-0.05, 0) is 56.9 Å². The molecule has 20 heavy (non-hydrogen) atoms. The van der Waals surface area contributed by atoms with Crippen molar-refractivity contribution in [1.29, 1.82) is 0 Å². The Morgan fingerprint density at radius 3 is 2.85 bits per heavy atom. The van der Waals surface area contributed by atoms with E-state index < -0.39 is 12.1 Å². The van der Waals surface area contributed by atoms with Crippen molar-refractivity contribution in [3.63, 3.8) is 0 Å². The lowest BCUT2D eigenvalue weighted by molar-refractivity contribution is -0.142. The first-order chi connectivity index (χ1) is 9.56. The second-order valence-electron chi connectivity index (χ2n) is 5.91. The summed E-state index contributed by atoms with van der Waals surface area (Å²) < 4.78 is 5.23. The van der Waals surface area contributed by atoms with E-state index in [0.717, 1.165) is 19.3 Å². The summed E-state index contributed by atoms with van der Waals surface area (Å²) in [5.41, 5.74) is 0. The van der Waals surface area contributed by atoms with Gasteiger partial charge in [-0.15, -0.1) is 0 Å². The molecule has 0 aromatic heterocycles. The average Bonchev–Trinajstić information content (AvgIpc) is 2.76. The Morgan fingerprint density at radius 1 is 1.25 bits per heavy atom. The van der Waals surface area contributed by atoms with Crippen LogP contribution in [0.2, 0.25) is 0 Å². The normalized spacial score (nSPS) is 42.5. The van der Waals surface area contributed by atoms with Gasteiger partial charge in [-0.1, -0.05) is 12.2 Å². The van der Waals surface area contributed by atoms with Crippen molar-refractivity contribution in [2.75, 3.05) is 0 Å². The molecule has 0 aromatic carbocycles. The van der Waals surface area contributed by atoms with Gasteiger partial charge in [-0.2, -0.15) is 0 Å². The maximum Gasteiger partial charge on any atom is 0.330 e. The fraction of sp³-hybridized carbons (Fsp3) is 0.688. The van der Waals surface area contributed by atoms with Crippen molar-refractivity contribution in [3.05, 3.63) is 24.3 Å². The molecular formula is C16H24O4. The Bertz CT molecular complexity index is 388. The molecule has 0 saturated heterocycles. The summed E-state index contributed by atoms with van der Waals surface area (Å²) >= 11 is 0. The lowest BCUT2D eigenvalue weighted by Crippen LogP contribution is -2.21. The summed E-state index contributed by atoms with van der Waals surface area (Å²) in [5, 5.41) is 20.0. The summed E-state index contributed by atoms with van der Waals surface area (Å²) in [6.45, 7) is 1.89. The molecule has 1 aliphatic carbocycles. The molecule has 0 radical (unpaired) electrons. The molecule has 1 heterocycles. The predicted molar refractivity (Wildman–Crippen MR) is 75.9 cm³/mol. The van der Waals surface area contributed by atoms with Crippen molar-refractivity contribution < 1.29 is 19.7 Å². The highest BCUT2D eigenvalue weighted by atomic mass is 16.5. The van der Waals surface area contributed by atoms with Gasteiger partial charge in [0.25, 0.3) is 0 Å². The molecule has 5 atom stereocenters. The van der Waals surface area contributed by atoms with E-state index in [4.69, 9.17) is 4.74 Å². The summed E-state index contributed by atoms with van der Waals surface area (Å²) in [6, 6.07) is 0. The Balaban J connectivity index is 2.11. The van der Waals surface area contributed by atoms with E-state index in [2.05, 4.69) is 12.2 Å². The van der Waals surface area contributed by atoms with Crippen LogP contribution in [0.4, 0.5) is 0 Å². The topological polar surface area (TPSA) is 66.8 Å². The molecule has 1 fully saturated rings. The lowest BCUT2D eigenvalue weighted by Gasteiger charge is -2.19. The second-order valence-corrected chi connectivity index (χ2v) is 5.91. The van der Waals surface area contributed by atoms with Crippen LogP contribution in [0.1, 0.15) is 39.0 Å². The van der Waals surface area contributed by atoms with Crippen LogP contribution < -0.4 is 0 Å². The molecular weight excluding hydrogens is 256 g/mol. The van der Waals surface area contributed by atoms with Crippen LogP contribution in [-0.2, 0) is 9.53 Å². The van der Waals surface area contributed by atoms with Crippen molar-refractivity contribution in [2.45, 2.75) is 57.3 Å². The number of rotatable bonds is 0. The largest absolute Gasteiger partial charge is 0.460 e. The highest BCUT2D eigenvalue weighted by Gasteiger charge is 2.35. The number of fused-ring (bicyclic) bond motifs is 1. The fourth-order valence-electron chi connectivity index (χ4n) is 3.10. The molecule has 1 saturated carbocycles. The first-order valence-electron chi connectivity index (χ1n) is 7.48. The number of cyclic esters (lactones) is 1. The van der Waals surface area contributed by atoms with E-state index in [0.29, 0.717) is 12.8 Å². The summed E-state index contributed by atoms with van der Waals surface area (Å²) in [5.74, 6) is -0.249. The molecule has 2 rings (SSSR count). The molecule has 0 amide bonds. The molecule has 0 bridgehead atoms. The van der Waals surface area contributed by atoms with Crippen molar-refractivity contribution in [2.24, 2.45) is 11.8 Å². The number of aliphatic hydroxyl groups is 2. The maximum atomic E-state index is 11.6. The Hall–Kier alpha value is -1.13. The number of aliphatic hydroxyl groups excluding tert-OH is 2. The highest BCUT2D eigenvalue weighted by Crippen LogP contribution is 2.36. The average molecular weight is 280 g/mol. The second kappa shape index (κ2) is 7.04. The van der Waals surface area contributed by atoms with Crippen molar-refractivity contribution >= 4 is 5.97 Å². The van der Waals surface area contributed by atoms with Gasteiger partial charge in [-0.3, -0.25) is 0 Å². The smallest absolute Gasteiger partial charge is 0.330 e. The van der Waals surface area contributed by atoms with Gasteiger partial charge in [0, 0.05) is 6.08 Å². The van der Waals surface area contributed by atoms with Gasteiger partial charge in [0.2, 0.25) is 0 Å². The molecule has 0 spiro atoms. The first-order valence-corrected chi connectivity index (χ1v) is 7.48. The minimum absolute atomic E-state index is 0.0246. The highest BCUT2D eigenvalue weighted by molar-refractivity contribution is 5.82. The van der Waals surface area contributed by atoms with Crippen LogP contribution >= 0.6 is 0 Å². The number of allylic oxidation sites excluding steroid dienone is 2. The Labute approximate surface area is 120 Å². The van der Waals surface area contributed by atoms with E-state index in [1.807, 2.05) is 6.92 Å². The fourth-order valence-corrected chi connectivity index (χ4v) is 3.10. The van der Waals surface area contributed by atoms with Crippen LogP contribution in [0.3, 0.4) is 0 Å². The van der Waals surface area contributed by atoms with E-state index in [9.17, 15) is 15.0 Å².